The van der Waals surface area contributed by atoms with E-state index in [4.69, 9.17) is 9.47 Å². The van der Waals surface area contributed by atoms with E-state index in [0.717, 1.165) is 16.3 Å². The number of benzene rings is 2. The highest BCUT2D eigenvalue weighted by molar-refractivity contribution is 5.83. The molecule has 4 nitrogen and oxygen atoms in total. The molecule has 2 aromatic rings. The molecule has 0 spiro atoms. The molecule has 0 aliphatic heterocycles. The van der Waals surface area contributed by atoms with Crippen LogP contribution in [0, 0.1) is 0 Å². The Hall–Kier alpha value is -2.36. The van der Waals surface area contributed by atoms with E-state index < -0.39 is 18.0 Å². The topological polar surface area (TPSA) is 52.6 Å². The van der Waals surface area contributed by atoms with Crippen LogP contribution in [-0.4, -0.2) is 18.5 Å². The number of esters is 2. The maximum absolute atomic E-state index is 11.2. The minimum Gasteiger partial charge on any atom is -0.462 e. The highest BCUT2D eigenvalue weighted by Gasteiger charge is 2.16. The molecule has 104 valence electrons. The largest absolute Gasteiger partial charge is 0.462 e. The molecule has 0 aliphatic carbocycles. The van der Waals surface area contributed by atoms with Crippen molar-refractivity contribution in [1.29, 1.82) is 0 Å². The van der Waals surface area contributed by atoms with Crippen molar-refractivity contribution in [1.82, 2.24) is 0 Å². The van der Waals surface area contributed by atoms with Crippen molar-refractivity contribution in [2.75, 3.05) is 6.61 Å². The van der Waals surface area contributed by atoms with Crippen LogP contribution >= 0.6 is 0 Å². The summed E-state index contributed by atoms with van der Waals surface area (Å²) >= 11 is 0. The van der Waals surface area contributed by atoms with Gasteiger partial charge in [0.05, 0.1) is 0 Å². The lowest BCUT2D eigenvalue weighted by molar-refractivity contribution is -0.156. The zero-order chi connectivity index (χ0) is 14.5. The zero-order valence-electron chi connectivity index (χ0n) is 11.5. The molecule has 20 heavy (non-hydrogen) atoms. The van der Waals surface area contributed by atoms with Crippen molar-refractivity contribution in [3.8, 4) is 0 Å². The molecule has 1 unspecified atom stereocenters. The van der Waals surface area contributed by atoms with Crippen LogP contribution in [0.3, 0.4) is 0 Å². The van der Waals surface area contributed by atoms with Crippen LogP contribution in [0.15, 0.2) is 42.5 Å². The van der Waals surface area contributed by atoms with Crippen LogP contribution < -0.4 is 0 Å². The van der Waals surface area contributed by atoms with E-state index in [1.54, 1.807) is 0 Å². The summed E-state index contributed by atoms with van der Waals surface area (Å²) < 4.78 is 10.2. The fourth-order valence-electron chi connectivity index (χ4n) is 2.00. The number of carbonyl (C=O) groups is 2. The first-order valence-electron chi connectivity index (χ1n) is 6.35. The van der Waals surface area contributed by atoms with Gasteiger partial charge in [-0.1, -0.05) is 36.4 Å². The van der Waals surface area contributed by atoms with Gasteiger partial charge in [-0.15, -0.1) is 0 Å². The van der Waals surface area contributed by atoms with E-state index in [0.29, 0.717) is 0 Å². The van der Waals surface area contributed by atoms with Crippen LogP contribution in [0.25, 0.3) is 10.8 Å². The molecular weight excluding hydrogens is 256 g/mol. The van der Waals surface area contributed by atoms with E-state index in [1.165, 1.54) is 13.8 Å². The van der Waals surface area contributed by atoms with Crippen LogP contribution in [0.2, 0.25) is 0 Å². The minimum absolute atomic E-state index is 0.0211. The van der Waals surface area contributed by atoms with Gasteiger partial charge < -0.3 is 9.47 Å². The Morgan fingerprint density at radius 1 is 1.00 bits per heavy atom. The van der Waals surface area contributed by atoms with Gasteiger partial charge in [-0.3, -0.25) is 9.59 Å². The molecule has 4 heteroatoms. The van der Waals surface area contributed by atoms with E-state index in [2.05, 4.69) is 0 Å². The van der Waals surface area contributed by atoms with Gasteiger partial charge in [0.2, 0.25) is 0 Å². The lowest BCUT2D eigenvalue weighted by Gasteiger charge is -2.17. The van der Waals surface area contributed by atoms with E-state index in [9.17, 15) is 9.59 Å². The van der Waals surface area contributed by atoms with E-state index >= 15 is 0 Å². The normalized spacial score (nSPS) is 11.9. The average molecular weight is 272 g/mol. The molecule has 0 saturated carbocycles. The molecule has 0 radical (unpaired) electrons. The Bertz CT molecular complexity index is 633. The van der Waals surface area contributed by atoms with Gasteiger partial charge in [-0.2, -0.15) is 0 Å². The summed E-state index contributed by atoms with van der Waals surface area (Å²) in [6.07, 6.45) is -0.582. The number of ether oxygens (including phenoxy) is 2. The zero-order valence-corrected chi connectivity index (χ0v) is 11.5. The first-order valence-corrected chi connectivity index (χ1v) is 6.35. The third-order valence-electron chi connectivity index (χ3n) is 2.89. The Labute approximate surface area is 117 Å². The molecule has 0 amide bonds. The maximum atomic E-state index is 11.2. The number of carbonyl (C=O) groups excluding carboxylic acids is 2. The van der Waals surface area contributed by atoms with Crippen LogP contribution in [-0.2, 0) is 19.1 Å². The second-order valence-corrected chi connectivity index (χ2v) is 4.51. The Morgan fingerprint density at radius 3 is 2.35 bits per heavy atom. The SMILES string of the molecule is CC(=O)OCC(OC(C)=O)c1ccc2ccccc2c1. The van der Waals surface area contributed by atoms with Crippen LogP contribution in [0.1, 0.15) is 25.5 Å². The molecule has 0 aliphatic rings. The second kappa shape index (κ2) is 6.19. The number of rotatable bonds is 4. The van der Waals surface area contributed by atoms with Gasteiger partial charge in [0.15, 0.2) is 6.10 Å². The fourth-order valence-corrected chi connectivity index (χ4v) is 2.00. The van der Waals surface area contributed by atoms with Gasteiger partial charge in [-0.25, -0.2) is 0 Å². The summed E-state index contributed by atoms with van der Waals surface area (Å²) in [5.41, 5.74) is 0.806. The summed E-state index contributed by atoms with van der Waals surface area (Å²) in [7, 11) is 0. The number of hydrogen-bond acceptors (Lipinski definition) is 4. The summed E-state index contributed by atoms with van der Waals surface area (Å²) in [6, 6.07) is 13.7. The number of hydrogen-bond donors (Lipinski definition) is 0. The molecule has 0 fully saturated rings. The summed E-state index contributed by atoms with van der Waals surface area (Å²) in [5.74, 6) is -0.807. The monoisotopic (exact) mass is 272 g/mol. The van der Waals surface area contributed by atoms with Crippen molar-refractivity contribution in [3.05, 3.63) is 48.0 Å². The van der Waals surface area contributed by atoms with Crippen molar-refractivity contribution < 1.29 is 19.1 Å². The lowest BCUT2D eigenvalue weighted by Crippen LogP contribution is -2.16. The average Bonchev–Trinajstić information content (AvgIpc) is 2.42. The smallest absolute Gasteiger partial charge is 0.303 e. The fraction of sp³-hybridized carbons (Fsp3) is 0.250. The molecular formula is C16H16O4. The Kier molecular flexibility index (Phi) is 4.35. The Morgan fingerprint density at radius 2 is 1.70 bits per heavy atom. The van der Waals surface area contributed by atoms with Crippen LogP contribution in [0.4, 0.5) is 0 Å². The third kappa shape index (κ3) is 3.57. The quantitative estimate of drug-likeness (QED) is 0.803. The first-order chi connectivity index (χ1) is 9.56. The maximum Gasteiger partial charge on any atom is 0.303 e. The van der Waals surface area contributed by atoms with E-state index in [1.807, 2.05) is 42.5 Å². The van der Waals surface area contributed by atoms with Crippen molar-refractivity contribution in [2.24, 2.45) is 0 Å². The van der Waals surface area contributed by atoms with Gasteiger partial charge in [0.25, 0.3) is 0 Å². The lowest BCUT2D eigenvalue weighted by atomic mass is 10.0. The molecule has 2 rings (SSSR count). The molecule has 0 saturated heterocycles. The summed E-state index contributed by atoms with van der Waals surface area (Å²) in [6.45, 7) is 2.68. The predicted octanol–water partition coefficient (Wildman–Crippen LogP) is 3.01. The molecule has 2 aromatic carbocycles. The van der Waals surface area contributed by atoms with Crippen molar-refractivity contribution >= 4 is 22.7 Å². The third-order valence-corrected chi connectivity index (χ3v) is 2.89. The number of fused-ring (bicyclic) bond motifs is 1. The molecule has 1 atom stereocenters. The van der Waals surface area contributed by atoms with E-state index in [-0.39, 0.29) is 6.61 Å². The van der Waals surface area contributed by atoms with Gasteiger partial charge in [0.1, 0.15) is 6.61 Å². The highest BCUT2D eigenvalue weighted by atomic mass is 16.6. The van der Waals surface area contributed by atoms with Gasteiger partial charge in [0, 0.05) is 13.8 Å². The molecule has 0 N–H and O–H groups in total. The minimum atomic E-state index is -0.582. The first kappa shape index (κ1) is 14.1. The van der Waals surface area contributed by atoms with Gasteiger partial charge in [-0.05, 0) is 22.4 Å². The standard InChI is InChI=1S/C16H16O4/c1-11(17)19-10-16(20-12(2)18)15-8-7-13-5-3-4-6-14(13)9-15/h3-9,16H,10H2,1-2H3. The second-order valence-electron chi connectivity index (χ2n) is 4.51. The summed E-state index contributed by atoms with van der Waals surface area (Å²) in [5, 5.41) is 2.15. The predicted molar refractivity (Wildman–Crippen MR) is 75.1 cm³/mol. The van der Waals surface area contributed by atoms with Crippen molar-refractivity contribution in [2.45, 2.75) is 20.0 Å². The Balaban J connectivity index is 2.28. The van der Waals surface area contributed by atoms with Gasteiger partial charge >= 0.3 is 11.9 Å². The van der Waals surface area contributed by atoms with Crippen LogP contribution in [0.5, 0.6) is 0 Å². The molecule has 0 bridgehead atoms. The molecule has 0 aromatic heterocycles. The molecule has 0 heterocycles. The van der Waals surface area contributed by atoms with Crippen molar-refractivity contribution in [3.63, 3.8) is 0 Å². The summed E-state index contributed by atoms with van der Waals surface area (Å²) in [4.78, 5) is 22.1. The highest BCUT2D eigenvalue weighted by Crippen LogP contribution is 2.23.